The van der Waals surface area contributed by atoms with Crippen molar-refractivity contribution in [3.8, 4) is 0 Å². The SMILES string of the molecule is C=C(CC(CC)CC)CC(CC)(CC)OC(=O)C(=C)C. The molecule has 0 bridgehead atoms. The van der Waals surface area contributed by atoms with Crippen molar-refractivity contribution in [2.45, 2.75) is 78.7 Å². The summed E-state index contributed by atoms with van der Waals surface area (Å²) >= 11 is 0. The molecule has 0 spiro atoms. The molecule has 0 radical (unpaired) electrons. The van der Waals surface area contributed by atoms with Crippen molar-refractivity contribution in [2.75, 3.05) is 0 Å². The van der Waals surface area contributed by atoms with E-state index in [1.54, 1.807) is 6.92 Å². The molecule has 0 amide bonds. The number of ether oxygens (including phenoxy) is 1. The standard InChI is InChI=1S/C18H32O2/c1-8-16(9-2)12-15(7)13-18(10-3,11-4)20-17(19)14(5)6/h16H,5,7-13H2,1-4,6H3. The molecule has 0 aromatic rings. The van der Waals surface area contributed by atoms with Gasteiger partial charge < -0.3 is 4.74 Å². The van der Waals surface area contributed by atoms with E-state index in [0.29, 0.717) is 11.5 Å². The summed E-state index contributed by atoms with van der Waals surface area (Å²) in [6.45, 7) is 18.1. The van der Waals surface area contributed by atoms with Gasteiger partial charge in [0.25, 0.3) is 0 Å². The van der Waals surface area contributed by atoms with Gasteiger partial charge in [0.15, 0.2) is 0 Å². The minimum atomic E-state index is -0.418. The Hall–Kier alpha value is -1.05. The molecule has 116 valence electrons. The van der Waals surface area contributed by atoms with Crippen LogP contribution in [-0.4, -0.2) is 11.6 Å². The van der Waals surface area contributed by atoms with E-state index in [1.165, 1.54) is 18.4 Å². The van der Waals surface area contributed by atoms with Crippen LogP contribution in [0.2, 0.25) is 0 Å². The second kappa shape index (κ2) is 8.99. The van der Waals surface area contributed by atoms with Gasteiger partial charge in [-0.2, -0.15) is 0 Å². The normalized spacial score (nSPS) is 11.5. The van der Waals surface area contributed by atoms with Crippen molar-refractivity contribution in [2.24, 2.45) is 5.92 Å². The molecule has 0 rings (SSSR count). The fourth-order valence-electron chi connectivity index (χ4n) is 2.48. The molecular formula is C18H32O2. The van der Waals surface area contributed by atoms with E-state index in [9.17, 15) is 4.79 Å². The summed E-state index contributed by atoms with van der Waals surface area (Å²) in [5, 5.41) is 0. The van der Waals surface area contributed by atoms with Gasteiger partial charge in [0, 0.05) is 12.0 Å². The Labute approximate surface area is 125 Å². The first kappa shape index (κ1) is 18.9. The Balaban J connectivity index is 4.79. The molecule has 0 aliphatic heterocycles. The lowest BCUT2D eigenvalue weighted by molar-refractivity contribution is -0.155. The number of carbonyl (C=O) groups excluding carboxylic acids is 1. The molecule has 2 heteroatoms. The van der Waals surface area contributed by atoms with Crippen molar-refractivity contribution >= 4 is 5.97 Å². The predicted octanol–water partition coefficient (Wildman–Crippen LogP) is 5.44. The second-order valence-electron chi connectivity index (χ2n) is 5.87. The maximum atomic E-state index is 11.8. The third-order valence-electron chi connectivity index (χ3n) is 4.25. The van der Waals surface area contributed by atoms with Gasteiger partial charge in [-0.1, -0.05) is 59.3 Å². The molecular weight excluding hydrogens is 248 g/mol. The van der Waals surface area contributed by atoms with Crippen molar-refractivity contribution in [1.29, 1.82) is 0 Å². The molecule has 0 unspecified atom stereocenters. The third kappa shape index (κ3) is 5.94. The summed E-state index contributed by atoms with van der Waals surface area (Å²) < 4.78 is 5.72. The van der Waals surface area contributed by atoms with E-state index < -0.39 is 5.60 Å². The van der Waals surface area contributed by atoms with E-state index in [-0.39, 0.29) is 5.97 Å². The lowest BCUT2D eigenvalue weighted by Gasteiger charge is -2.33. The summed E-state index contributed by atoms with van der Waals surface area (Å²) in [4.78, 5) is 11.8. The summed E-state index contributed by atoms with van der Waals surface area (Å²) in [6.07, 6.45) is 5.75. The zero-order valence-corrected chi connectivity index (χ0v) is 14.1. The van der Waals surface area contributed by atoms with E-state index in [2.05, 4.69) is 40.9 Å². The van der Waals surface area contributed by atoms with Crippen LogP contribution in [0.25, 0.3) is 0 Å². The molecule has 0 aliphatic rings. The number of esters is 1. The quantitative estimate of drug-likeness (QED) is 0.303. The molecule has 0 aromatic heterocycles. The zero-order valence-electron chi connectivity index (χ0n) is 14.1. The number of hydrogen-bond acceptors (Lipinski definition) is 2. The van der Waals surface area contributed by atoms with Gasteiger partial charge in [-0.25, -0.2) is 4.79 Å². The third-order valence-corrected chi connectivity index (χ3v) is 4.25. The molecule has 0 aromatic carbocycles. The van der Waals surface area contributed by atoms with Crippen LogP contribution in [-0.2, 0) is 9.53 Å². The molecule has 0 N–H and O–H groups in total. The van der Waals surface area contributed by atoms with Crippen LogP contribution in [0, 0.1) is 5.92 Å². The second-order valence-corrected chi connectivity index (χ2v) is 5.87. The Kier molecular flexibility index (Phi) is 8.52. The average molecular weight is 280 g/mol. The topological polar surface area (TPSA) is 26.3 Å². The van der Waals surface area contributed by atoms with Crippen LogP contribution < -0.4 is 0 Å². The van der Waals surface area contributed by atoms with Gasteiger partial charge in [-0.3, -0.25) is 0 Å². The van der Waals surface area contributed by atoms with Crippen molar-refractivity contribution in [3.05, 3.63) is 24.3 Å². The lowest BCUT2D eigenvalue weighted by atomic mass is 9.85. The Bertz CT molecular complexity index is 333. The first-order chi connectivity index (χ1) is 9.33. The van der Waals surface area contributed by atoms with Gasteiger partial charge in [-0.15, -0.1) is 0 Å². The Morgan fingerprint density at radius 3 is 1.95 bits per heavy atom. The van der Waals surface area contributed by atoms with Gasteiger partial charge in [0.2, 0.25) is 0 Å². The highest BCUT2D eigenvalue weighted by atomic mass is 16.6. The number of carbonyl (C=O) groups is 1. The average Bonchev–Trinajstić information content (AvgIpc) is 2.43. The molecule has 0 fully saturated rings. The van der Waals surface area contributed by atoms with E-state index in [0.717, 1.165) is 25.7 Å². The summed E-state index contributed by atoms with van der Waals surface area (Å²) in [6, 6.07) is 0. The fourth-order valence-corrected chi connectivity index (χ4v) is 2.48. The van der Waals surface area contributed by atoms with E-state index in [1.807, 2.05) is 0 Å². The van der Waals surface area contributed by atoms with E-state index in [4.69, 9.17) is 4.74 Å². The van der Waals surface area contributed by atoms with Gasteiger partial charge in [0.05, 0.1) is 0 Å². The number of hydrogen-bond donors (Lipinski definition) is 0. The first-order valence-electron chi connectivity index (χ1n) is 7.89. The predicted molar refractivity (Wildman–Crippen MR) is 86.7 cm³/mol. The van der Waals surface area contributed by atoms with Gasteiger partial charge in [0.1, 0.15) is 5.60 Å². The van der Waals surface area contributed by atoms with Gasteiger partial charge in [-0.05, 0) is 32.1 Å². The van der Waals surface area contributed by atoms with Crippen LogP contribution in [0.3, 0.4) is 0 Å². The van der Waals surface area contributed by atoms with Crippen LogP contribution in [0.4, 0.5) is 0 Å². The zero-order chi connectivity index (χ0) is 15.8. The molecule has 0 saturated heterocycles. The fraction of sp³-hybridized carbons (Fsp3) is 0.722. The molecule has 0 heterocycles. The first-order valence-corrected chi connectivity index (χ1v) is 7.89. The number of rotatable bonds is 10. The van der Waals surface area contributed by atoms with Crippen LogP contribution in [0.1, 0.15) is 73.1 Å². The van der Waals surface area contributed by atoms with Gasteiger partial charge >= 0.3 is 5.97 Å². The monoisotopic (exact) mass is 280 g/mol. The summed E-state index contributed by atoms with van der Waals surface area (Å²) in [7, 11) is 0. The highest BCUT2D eigenvalue weighted by molar-refractivity contribution is 5.87. The van der Waals surface area contributed by atoms with E-state index >= 15 is 0 Å². The highest BCUT2D eigenvalue weighted by Crippen LogP contribution is 2.32. The maximum absolute atomic E-state index is 11.8. The summed E-state index contributed by atoms with van der Waals surface area (Å²) in [5.74, 6) is 0.398. The minimum Gasteiger partial charge on any atom is -0.455 e. The van der Waals surface area contributed by atoms with Crippen LogP contribution in [0.15, 0.2) is 24.3 Å². The van der Waals surface area contributed by atoms with Crippen molar-refractivity contribution < 1.29 is 9.53 Å². The molecule has 0 saturated carbocycles. The van der Waals surface area contributed by atoms with Crippen LogP contribution in [0.5, 0.6) is 0 Å². The minimum absolute atomic E-state index is 0.288. The summed E-state index contributed by atoms with van der Waals surface area (Å²) in [5.41, 5.74) is 1.23. The Morgan fingerprint density at radius 1 is 1.10 bits per heavy atom. The Morgan fingerprint density at radius 2 is 1.60 bits per heavy atom. The molecule has 0 aliphatic carbocycles. The largest absolute Gasteiger partial charge is 0.455 e. The van der Waals surface area contributed by atoms with Crippen LogP contribution >= 0.6 is 0 Å². The molecule has 0 atom stereocenters. The smallest absolute Gasteiger partial charge is 0.333 e. The lowest BCUT2D eigenvalue weighted by Crippen LogP contribution is -2.34. The highest BCUT2D eigenvalue weighted by Gasteiger charge is 2.31. The van der Waals surface area contributed by atoms with Crippen molar-refractivity contribution in [1.82, 2.24) is 0 Å². The van der Waals surface area contributed by atoms with Crippen molar-refractivity contribution in [3.63, 3.8) is 0 Å². The molecule has 2 nitrogen and oxygen atoms in total. The molecule has 20 heavy (non-hydrogen) atoms. The maximum Gasteiger partial charge on any atom is 0.333 e.